The third-order valence-corrected chi connectivity index (χ3v) is 6.39. The molecule has 1 aliphatic carbocycles. The van der Waals surface area contributed by atoms with Crippen LogP contribution in [0.15, 0.2) is 30.5 Å². The van der Waals surface area contributed by atoms with Gasteiger partial charge < -0.3 is 10.2 Å². The van der Waals surface area contributed by atoms with Crippen LogP contribution in [-0.4, -0.2) is 39.6 Å². The minimum atomic E-state index is -0.0499. The van der Waals surface area contributed by atoms with Crippen molar-refractivity contribution in [1.29, 1.82) is 0 Å². The number of fused-ring (bicyclic) bond motifs is 1. The molecule has 0 spiro atoms. The predicted molar refractivity (Wildman–Crippen MR) is 116 cm³/mol. The summed E-state index contributed by atoms with van der Waals surface area (Å²) in [7, 11) is 0. The zero-order chi connectivity index (χ0) is 21.3. The van der Waals surface area contributed by atoms with Gasteiger partial charge in [0.25, 0.3) is 0 Å². The summed E-state index contributed by atoms with van der Waals surface area (Å²) in [6.45, 7) is 7.87. The van der Waals surface area contributed by atoms with Gasteiger partial charge in [0.2, 0.25) is 11.8 Å². The molecule has 160 valence electrons. The Morgan fingerprint density at radius 1 is 1.27 bits per heavy atom. The van der Waals surface area contributed by atoms with E-state index >= 15 is 0 Å². The summed E-state index contributed by atoms with van der Waals surface area (Å²) in [5, 5.41) is 7.93. The van der Waals surface area contributed by atoms with E-state index in [1.165, 1.54) is 11.3 Å². The van der Waals surface area contributed by atoms with E-state index in [0.29, 0.717) is 19.4 Å². The summed E-state index contributed by atoms with van der Waals surface area (Å²) in [6, 6.07) is 8.21. The molecule has 1 N–H and O–H groups in total. The number of rotatable bonds is 5. The van der Waals surface area contributed by atoms with Gasteiger partial charge in [-0.3, -0.25) is 9.59 Å². The van der Waals surface area contributed by atoms with E-state index in [0.717, 1.165) is 43.5 Å². The van der Waals surface area contributed by atoms with Gasteiger partial charge in [-0.1, -0.05) is 32.0 Å². The molecule has 2 aliphatic rings. The Labute approximate surface area is 178 Å². The lowest BCUT2D eigenvalue weighted by Gasteiger charge is -2.36. The SMILES string of the molecule is Cc1ccccc1-n1ncc2c1CC(C)(C)C[C@H]2NC(=O)CCN1CCCCC1=O. The maximum Gasteiger partial charge on any atom is 0.222 e. The Balaban J connectivity index is 1.50. The molecule has 1 aromatic carbocycles. The quantitative estimate of drug-likeness (QED) is 0.820. The fourth-order valence-corrected chi connectivity index (χ4v) is 4.78. The molecule has 6 nitrogen and oxygen atoms in total. The lowest BCUT2D eigenvalue weighted by Crippen LogP contribution is -2.40. The monoisotopic (exact) mass is 408 g/mol. The Bertz CT molecular complexity index is 946. The normalized spacial score (nSPS) is 20.7. The van der Waals surface area contributed by atoms with Crippen molar-refractivity contribution in [2.75, 3.05) is 13.1 Å². The summed E-state index contributed by atoms with van der Waals surface area (Å²) in [4.78, 5) is 26.6. The van der Waals surface area contributed by atoms with E-state index in [1.54, 1.807) is 0 Å². The van der Waals surface area contributed by atoms with Crippen molar-refractivity contribution < 1.29 is 9.59 Å². The van der Waals surface area contributed by atoms with Crippen LogP contribution in [0.1, 0.15) is 68.8 Å². The molecular weight excluding hydrogens is 376 g/mol. The number of aryl methyl sites for hydroxylation is 1. The summed E-state index contributed by atoms with van der Waals surface area (Å²) in [6.07, 6.45) is 6.68. The molecule has 2 amide bonds. The van der Waals surface area contributed by atoms with E-state index in [4.69, 9.17) is 5.10 Å². The number of hydrogen-bond donors (Lipinski definition) is 1. The zero-order valence-electron chi connectivity index (χ0n) is 18.3. The Hall–Kier alpha value is -2.63. The van der Waals surface area contributed by atoms with Gasteiger partial charge in [0.05, 0.1) is 23.6 Å². The molecule has 1 saturated heterocycles. The van der Waals surface area contributed by atoms with Crippen LogP contribution in [0, 0.1) is 12.3 Å². The molecule has 2 aromatic rings. The number of carbonyl (C=O) groups is 2. The Kier molecular flexibility index (Phi) is 5.67. The second kappa shape index (κ2) is 8.25. The van der Waals surface area contributed by atoms with Gasteiger partial charge in [-0.25, -0.2) is 4.68 Å². The molecule has 0 unspecified atom stereocenters. The first-order valence-corrected chi connectivity index (χ1v) is 11.0. The van der Waals surface area contributed by atoms with E-state index in [-0.39, 0.29) is 23.3 Å². The molecule has 6 heteroatoms. The van der Waals surface area contributed by atoms with Gasteiger partial charge >= 0.3 is 0 Å². The molecule has 1 atom stereocenters. The van der Waals surface area contributed by atoms with E-state index < -0.39 is 0 Å². The highest BCUT2D eigenvalue weighted by Crippen LogP contribution is 2.41. The van der Waals surface area contributed by atoms with Crippen LogP contribution < -0.4 is 5.32 Å². The number of carbonyl (C=O) groups excluding carboxylic acids is 2. The van der Waals surface area contributed by atoms with Crippen molar-refractivity contribution >= 4 is 11.8 Å². The number of nitrogens with one attached hydrogen (secondary N) is 1. The van der Waals surface area contributed by atoms with Gasteiger partial charge in [-0.15, -0.1) is 0 Å². The number of likely N-dealkylation sites (tertiary alicyclic amines) is 1. The highest BCUT2D eigenvalue weighted by atomic mass is 16.2. The van der Waals surface area contributed by atoms with Crippen LogP contribution >= 0.6 is 0 Å². The number of benzene rings is 1. The number of para-hydroxylation sites is 1. The van der Waals surface area contributed by atoms with Crippen molar-refractivity contribution in [3.63, 3.8) is 0 Å². The molecular formula is C24H32N4O2. The molecule has 1 aromatic heterocycles. The third-order valence-electron chi connectivity index (χ3n) is 6.39. The van der Waals surface area contributed by atoms with Gasteiger partial charge in [0, 0.05) is 31.5 Å². The van der Waals surface area contributed by atoms with Crippen LogP contribution in [0.5, 0.6) is 0 Å². The molecule has 0 saturated carbocycles. The van der Waals surface area contributed by atoms with Crippen LogP contribution in [0.3, 0.4) is 0 Å². The second-order valence-corrected chi connectivity index (χ2v) is 9.50. The summed E-state index contributed by atoms with van der Waals surface area (Å²) in [5.41, 5.74) is 4.62. The highest BCUT2D eigenvalue weighted by Gasteiger charge is 2.36. The van der Waals surface area contributed by atoms with Crippen LogP contribution in [0.2, 0.25) is 0 Å². The highest BCUT2D eigenvalue weighted by molar-refractivity contribution is 5.79. The maximum absolute atomic E-state index is 12.7. The van der Waals surface area contributed by atoms with Crippen molar-refractivity contribution in [3.8, 4) is 5.69 Å². The van der Waals surface area contributed by atoms with Crippen LogP contribution in [0.25, 0.3) is 5.69 Å². The Morgan fingerprint density at radius 3 is 2.83 bits per heavy atom. The summed E-state index contributed by atoms with van der Waals surface area (Å²) in [5.74, 6) is 0.181. The van der Waals surface area contributed by atoms with Crippen molar-refractivity contribution in [2.45, 2.75) is 65.3 Å². The van der Waals surface area contributed by atoms with E-state index in [9.17, 15) is 9.59 Å². The molecule has 30 heavy (non-hydrogen) atoms. The van der Waals surface area contributed by atoms with Crippen LogP contribution in [-0.2, 0) is 16.0 Å². The fourth-order valence-electron chi connectivity index (χ4n) is 4.78. The second-order valence-electron chi connectivity index (χ2n) is 9.50. The first-order valence-electron chi connectivity index (χ1n) is 11.0. The molecule has 4 rings (SSSR count). The number of piperidine rings is 1. The number of aromatic nitrogens is 2. The third kappa shape index (κ3) is 4.27. The maximum atomic E-state index is 12.7. The Morgan fingerprint density at radius 2 is 2.07 bits per heavy atom. The molecule has 0 radical (unpaired) electrons. The lowest BCUT2D eigenvalue weighted by atomic mass is 9.74. The molecule has 0 bridgehead atoms. The number of nitrogens with zero attached hydrogens (tertiary/aromatic N) is 3. The average molecular weight is 409 g/mol. The van der Waals surface area contributed by atoms with Crippen molar-refractivity contribution in [2.24, 2.45) is 5.41 Å². The molecule has 1 aliphatic heterocycles. The minimum absolute atomic E-state index is 0.00525. The predicted octanol–water partition coefficient (Wildman–Crippen LogP) is 3.71. The topological polar surface area (TPSA) is 67.2 Å². The first-order chi connectivity index (χ1) is 14.3. The average Bonchev–Trinajstić information content (AvgIpc) is 3.10. The molecule has 2 heterocycles. The molecule has 1 fully saturated rings. The van der Waals surface area contributed by atoms with Gasteiger partial charge in [-0.05, 0) is 49.7 Å². The van der Waals surface area contributed by atoms with Gasteiger partial charge in [-0.2, -0.15) is 5.10 Å². The van der Waals surface area contributed by atoms with Crippen molar-refractivity contribution in [1.82, 2.24) is 20.0 Å². The summed E-state index contributed by atoms with van der Waals surface area (Å²) >= 11 is 0. The number of amides is 2. The van der Waals surface area contributed by atoms with Gasteiger partial charge in [0.1, 0.15) is 0 Å². The smallest absolute Gasteiger partial charge is 0.222 e. The van der Waals surface area contributed by atoms with Gasteiger partial charge in [0.15, 0.2) is 0 Å². The fraction of sp³-hybridized carbons (Fsp3) is 0.542. The first kappa shape index (κ1) is 20.6. The van der Waals surface area contributed by atoms with Crippen LogP contribution in [0.4, 0.5) is 0 Å². The standard InChI is InChI=1S/C24H32N4O2/c1-17-8-4-5-9-20(17)28-21-15-24(2,3)14-19(18(21)16-25-28)26-22(29)11-13-27-12-7-6-10-23(27)30/h4-5,8-9,16,19H,6-7,10-15H2,1-3H3,(H,26,29)/t19-/m1/s1. The lowest BCUT2D eigenvalue weighted by molar-refractivity contribution is -0.133. The zero-order valence-corrected chi connectivity index (χ0v) is 18.3. The van der Waals surface area contributed by atoms with E-state index in [1.807, 2.05) is 27.9 Å². The largest absolute Gasteiger partial charge is 0.349 e. The minimum Gasteiger partial charge on any atom is -0.349 e. The van der Waals surface area contributed by atoms with E-state index in [2.05, 4.69) is 38.2 Å². The summed E-state index contributed by atoms with van der Waals surface area (Å²) < 4.78 is 2.04. The van der Waals surface area contributed by atoms with Crippen molar-refractivity contribution in [3.05, 3.63) is 47.3 Å². The number of hydrogen-bond acceptors (Lipinski definition) is 3.